The van der Waals surface area contributed by atoms with Crippen molar-refractivity contribution < 1.29 is 19.5 Å². The van der Waals surface area contributed by atoms with Gasteiger partial charge in [0, 0.05) is 24.6 Å². The van der Waals surface area contributed by atoms with Crippen LogP contribution in [0.25, 0.3) is 0 Å². The number of aliphatic carboxylic acids is 1. The monoisotopic (exact) mass is 332 g/mol. The molecule has 2 aliphatic rings. The first-order valence-electron chi connectivity index (χ1n) is 8.31. The number of Topliss-reactive ketones (excluding diaryl/α,β-unsaturated/α-hetero) is 1. The number of carbonyl (C=O) groups is 3. The Bertz CT molecular complexity index is 602. The van der Waals surface area contributed by atoms with Gasteiger partial charge in [0.2, 0.25) is 0 Å². The molecule has 1 aliphatic heterocycles. The topological polar surface area (TPSA) is 101 Å². The minimum atomic E-state index is -0.846. The average Bonchev–Trinajstić information content (AvgIpc) is 3.27. The summed E-state index contributed by atoms with van der Waals surface area (Å²) in [5.41, 5.74) is 6.42. The molecule has 1 unspecified atom stereocenters. The molecule has 130 valence electrons. The Hall–Kier alpha value is -2.37. The average molecular weight is 332 g/mol. The molecule has 0 bridgehead atoms. The first-order valence-corrected chi connectivity index (χ1v) is 8.31. The van der Waals surface area contributed by atoms with Crippen molar-refractivity contribution in [3.05, 3.63) is 35.4 Å². The third-order valence-electron chi connectivity index (χ3n) is 4.43. The van der Waals surface area contributed by atoms with Gasteiger partial charge in [-0.25, -0.2) is 4.79 Å². The maximum atomic E-state index is 11.7. The Labute approximate surface area is 141 Å². The number of hydrogen-bond donors (Lipinski definition) is 2. The number of benzene rings is 1. The molecule has 1 heterocycles. The number of primary amides is 1. The summed E-state index contributed by atoms with van der Waals surface area (Å²) < 4.78 is 0. The highest BCUT2D eigenvalue weighted by atomic mass is 16.4. The van der Waals surface area contributed by atoms with Gasteiger partial charge in [0.1, 0.15) is 0 Å². The minimum absolute atomic E-state index is 0.189. The fourth-order valence-electron chi connectivity index (χ4n) is 2.60. The Morgan fingerprint density at radius 1 is 1.12 bits per heavy atom. The lowest BCUT2D eigenvalue weighted by atomic mass is 9.98. The number of ketones is 1. The van der Waals surface area contributed by atoms with Crippen LogP contribution in [0.1, 0.15) is 54.4 Å². The number of carboxylic acid groups (broad SMARTS) is 1. The molecular formula is C18H24N2O4. The van der Waals surface area contributed by atoms with Crippen LogP contribution in [0.2, 0.25) is 0 Å². The van der Waals surface area contributed by atoms with E-state index >= 15 is 0 Å². The highest BCUT2D eigenvalue weighted by Crippen LogP contribution is 2.32. The third-order valence-corrected chi connectivity index (χ3v) is 4.43. The molecule has 2 fully saturated rings. The van der Waals surface area contributed by atoms with Crippen molar-refractivity contribution in [2.24, 2.45) is 11.7 Å². The van der Waals surface area contributed by atoms with Gasteiger partial charge in [0.15, 0.2) is 5.78 Å². The second kappa shape index (κ2) is 7.95. The highest BCUT2D eigenvalue weighted by Gasteiger charge is 2.30. The summed E-state index contributed by atoms with van der Waals surface area (Å²) in [7, 11) is 0. The predicted octanol–water partition coefficient (Wildman–Crippen LogP) is 2.63. The SMILES string of the molecule is CC(C(=O)O)c1ccc(C(=O)C2CC2)cc1.NC(=O)N1CCCC1. The van der Waals surface area contributed by atoms with E-state index in [1.54, 1.807) is 36.1 Å². The van der Waals surface area contributed by atoms with Gasteiger partial charge in [-0.3, -0.25) is 9.59 Å². The van der Waals surface area contributed by atoms with Crippen molar-refractivity contribution in [3.63, 3.8) is 0 Å². The molecule has 2 amide bonds. The van der Waals surface area contributed by atoms with E-state index < -0.39 is 11.9 Å². The number of carbonyl (C=O) groups excluding carboxylic acids is 2. The number of amides is 2. The van der Waals surface area contributed by atoms with E-state index in [9.17, 15) is 14.4 Å². The van der Waals surface area contributed by atoms with Gasteiger partial charge in [0.25, 0.3) is 0 Å². The Kier molecular flexibility index (Phi) is 5.95. The molecule has 1 aromatic rings. The Balaban J connectivity index is 0.000000219. The van der Waals surface area contributed by atoms with Gasteiger partial charge in [-0.1, -0.05) is 24.3 Å². The van der Waals surface area contributed by atoms with Crippen LogP contribution < -0.4 is 5.73 Å². The van der Waals surface area contributed by atoms with Crippen LogP contribution in [0, 0.1) is 5.92 Å². The number of nitrogens with two attached hydrogens (primary N) is 1. The number of carboxylic acids is 1. The van der Waals surface area contributed by atoms with Crippen molar-refractivity contribution in [1.82, 2.24) is 4.90 Å². The molecule has 6 nitrogen and oxygen atoms in total. The van der Waals surface area contributed by atoms with E-state index in [1.165, 1.54) is 0 Å². The first-order chi connectivity index (χ1) is 11.4. The van der Waals surface area contributed by atoms with Crippen LogP contribution in [0.15, 0.2) is 24.3 Å². The molecule has 1 saturated heterocycles. The molecule has 1 atom stereocenters. The normalized spacial score (nSPS) is 17.6. The molecule has 0 radical (unpaired) electrons. The van der Waals surface area contributed by atoms with E-state index in [2.05, 4.69) is 0 Å². The van der Waals surface area contributed by atoms with Crippen LogP contribution >= 0.6 is 0 Å². The Morgan fingerprint density at radius 2 is 1.67 bits per heavy atom. The maximum absolute atomic E-state index is 11.7. The van der Waals surface area contributed by atoms with Gasteiger partial charge < -0.3 is 15.7 Å². The summed E-state index contributed by atoms with van der Waals surface area (Å²) in [6.45, 7) is 3.35. The molecule has 6 heteroatoms. The molecule has 0 aromatic heterocycles. The van der Waals surface area contributed by atoms with Crippen LogP contribution in [0.4, 0.5) is 4.79 Å². The van der Waals surface area contributed by atoms with Gasteiger partial charge in [-0.05, 0) is 38.2 Å². The van der Waals surface area contributed by atoms with Gasteiger partial charge in [-0.2, -0.15) is 0 Å². The van der Waals surface area contributed by atoms with Gasteiger partial charge in [0.05, 0.1) is 5.92 Å². The van der Waals surface area contributed by atoms with Crippen LogP contribution in [-0.4, -0.2) is 40.9 Å². The number of nitrogens with zero attached hydrogens (tertiary/aromatic N) is 1. The van der Waals surface area contributed by atoms with E-state index in [0.717, 1.165) is 44.3 Å². The van der Waals surface area contributed by atoms with E-state index in [0.29, 0.717) is 5.56 Å². The van der Waals surface area contributed by atoms with E-state index in [4.69, 9.17) is 10.8 Å². The molecule has 24 heavy (non-hydrogen) atoms. The van der Waals surface area contributed by atoms with Crippen molar-refractivity contribution in [2.75, 3.05) is 13.1 Å². The fourth-order valence-corrected chi connectivity index (χ4v) is 2.60. The van der Waals surface area contributed by atoms with Crippen molar-refractivity contribution in [3.8, 4) is 0 Å². The predicted molar refractivity (Wildman–Crippen MR) is 89.9 cm³/mol. The van der Waals surface area contributed by atoms with Crippen LogP contribution in [-0.2, 0) is 4.79 Å². The van der Waals surface area contributed by atoms with Crippen molar-refractivity contribution in [1.29, 1.82) is 0 Å². The summed E-state index contributed by atoms with van der Waals surface area (Å²) in [5, 5.41) is 8.85. The lowest BCUT2D eigenvalue weighted by Crippen LogP contribution is -2.32. The second-order valence-electron chi connectivity index (χ2n) is 6.35. The molecule has 1 aromatic carbocycles. The lowest BCUT2D eigenvalue weighted by Gasteiger charge is -2.09. The number of rotatable bonds is 4. The summed E-state index contributed by atoms with van der Waals surface area (Å²) >= 11 is 0. The molecular weight excluding hydrogens is 308 g/mol. The highest BCUT2D eigenvalue weighted by molar-refractivity contribution is 5.99. The summed E-state index contributed by atoms with van der Waals surface area (Å²) in [6, 6.07) is 6.65. The quantitative estimate of drug-likeness (QED) is 0.828. The van der Waals surface area contributed by atoms with Gasteiger partial charge >= 0.3 is 12.0 Å². The maximum Gasteiger partial charge on any atom is 0.314 e. The van der Waals surface area contributed by atoms with E-state index in [-0.39, 0.29) is 17.7 Å². The number of hydrogen-bond acceptors (Lipinski definition) is 3. The van der Waals surface area contributed by atoms with Crippen LogP contribution in [0.5, 0.6) is 0 Å². The number of likely N-dealkylation sites (tertiary alicyclic amines) is 1. The fraction of sp³-hybridized carbons (Fsp3) is 0.500. The molecule has 0 spiro atoms. The summed E-state index contributed by atoms with van der Waals surface area (Å²) in [6.07, 6.45) is 4.21. The number of urea groups is 1. The minimum Gasteiger partial charge on any atom is -0.481 e. The largest absolute Gasteiger partial charge is 0.481 e. The first kappa shape index (κ1) is 18.0. The summed E-state index contributed by atoms with van der Waals surface area (Å²) in [5.74, 6) is -0.969. The zero-order valence-electron chi connectivity index (χ0n) is 13.9. The zero-order valence-corrected chi connectivity index (χ0v) is 13.9. The van der Waals surface area contributed by atoms with Gasteiger partial charge in [-0.15, -0.1) is 0 Å². The third kappa shape index (κ3) is 4.81. The van der Waals surface area contributed by atoms with Crippen molar-refractivity contribution in [2.45, 2.75) is 38.5 Å². The van der Waals surface area contributed by atoms with Crippen LogP contribution in [0.3, 0.4) is 0 Å². The molecule has 1 aliphatic carbocycles. The summed E-state index contributed by atoms with van der Waals surface area (Å²) in [4.78, 5) is 34.5. The second-order valence-corrected chi connectivity index (χ2v) is 6.35. The van der Waals surface area contributed by atoms with Crippen molar-refractivity contribution >= 4 is 17.8 Å². The molecule has 3 N–H and O–H groups in total. The Morgan fingerprint density at radius 3 is 2.04 bits per heavy atom. The smallest absolute Gasteiger partial charge is 0.314 e. The molecule has 1 saturated carbocycles. The zero-order chi connectivity index (χ0) is 17.7. The standard InChI is InChI=1S/C13H14O3.C5H10N2O/c1-8(13(15)16)9-2-4-10(5-3-9)12(14)11-6-7-11;6-5(8)7-3-1-2-4-7/h2-5,8,11H,6-7H2,1H3,(H,15,16);1-4H2,(H2,6,8). The van der Waals surface area contributed by atoms with E-state index in [1.807, 2.05) is 0 Å². The lowest BCUT2D eigenvalue weighted by molar-refractivity contribution is -0.138. The molecule has 3 rings (SSSR count).